The summed E-state index contributed by atoms with van der Waals surface area (Å²) in [5.74, 6) is 0.811. The number of carbonyl (C=O) groups is 4. The van der Waals surface area contributed by atoms with Crippen LogP contribution in [-0.4, -0.2) is 96.7 Å². The second-order valence-corrected chi connectivity index (χ2v) is 29.7. The summed E-state index contributed by atoms with van der Waals surface area (Å²) in [6.45, 7) is 14.0. The van der Waals surface area contributed by atoms with Crippen LogP contribution in [0.2, 0.25) is 0 Å². The summed E-state index contributed by atoms with van der Waals surface area (Å²) >= 11 is 0. The summed E-state index contributed by atoms with van der Waals surface area (Å²) in [5.41, 5.74) is 0. The Morgan fingerprint density at radius 2 is 0.477 bits per heavy atom. The van der Waals surface area contributed by atoms with E-state index in [1.54, 1.807) is 0 Å². The van der Waals surface area contributed by atoms with Gasteiger partial charge in [0, 0.05) is 25.7 Å². The van der Waals surface area contributed by atoms with Crippen LogP contribution in [-0.2, 0) is 65.4 Å². The molecule has 0 radical (unpaired) electrons. The summed E-state index contributed by atoms with van der Waals surface area (Å²) in [5, 5.41) is 10.6. The second-order valence-electron chi connectivity index (χ2n) is 26.8. The maximum Gasteiger partial charge on any atom is 0.472 e. The Balaban J connectivity index is 5.24. The number of esters is 4. The van der Waals surface area contributed by atoms with Crippen molar-refractivity contribution in [1.82, 2.24) is 0 Å². The van der Waals surface area contributed by atoms with Crippen LogP contribution in [0, 0.1) is 23.7 Å². The van der Waals surface area contributed by atoms with Crippen LogP contribution in [0.1, 0.15) is 338 Å². The molecular formula is C69H134O17P2. The van der Waals surface area contributed by atoms with Gasteiger partial charge in [0.2, 0.25) is 0 Å². The van der Waals surface area contributed by atoms with Crippen molar-refractivity contribution >= 4 is 39.5 Å². The minimum atomic E-state index is -4.95. The molecule has 0 aliphatic rings. The standard InChI is InChI=1S/C69H134O17P2/c1-59(2)45-37-29-21-13-11-9-10-12-14-25-33-41-49-66(71)79-55-64(85-68(73)51-43-35-27-19-16-23-31-39-47-61(5)6)57-83-87(75,76)81-53-63(70)54-82-88(77,78)84-58-65(86-69(74)52-44-36-28-20-17-24-32-40-48-62(7)8)56-80-67(72)50-42-34-26-18-15-22-30-38-46-60(3)4/h59-65,70H,9-58H2,1-8H3,(H,75,76)(H,77,78)/t63?,64-,65-/m1/s1. The summed E-state index contributed by atoms with van der Waals surface area (Å²) in [6.07, 6.45) is 40.4. The monoisotopic (exact) mass is 1300 g/mol. The van der Waals surface area contributed by atoms with Crippen LogP contribution in [0.5, 0.6) is 0 Å². The van der Waals surface area contributed by atoms with E-state index in [2.05, 4.69) is 55.4 Å². The molecule has 0 spiro atoms. The third-order valence-electron chi connectivity index (χ3n) is 15.8. The van der Waals surface area contributed by atoms with E-state index >= 15 is 0 Å². The molecule has 3 N–H and O–H groups in total. The second kappa shape index (κ2) is 58.8. The van der Waals surface area contributed by atoms with Crippen LogP contribution in [0.4, 0.5) is 0 Å². The number of phosphoric ester groups is 2. The summed E-state index contributed by atoms with van der Waals surface area (Å²) < 4.78 is 68.2. The Hall–Kier alpha value is -1.94. The van der Waals surface area contributed by atoms with Crippen LogP contribution in [0.3, 0.4) is 0 Å². The van der Waals surface area contributed by atoms with Crippen LogP contribution < -0.4 is 0 Å². The highest BCUT2D eigenvalue weighted by Crippen LogP contribution is 2.45. The zero-order valence-corrected chi connectivity index (χ0v) is 59.1. The molecule has 0 aliphatic carbocycles. The number of hydrogen-bond acceptors (Lipinski definition) is 15. The lowest BCUT2D eigenvalue weighted by molar-refractivity contribution is -0.161. The van der Waals surface area contributed by atoms with E-state index in [0.29, 0.717) is 25.7 Å². The van der Waals surface area contributed by atoms with E-state index in [0.717, 1.165) is 114 Å². The molecule has 0 aromatic carbocycles. The first-order valence-corrected chi connectivity index (χ1v) is 38.7. The van der Waals surface area contributed by atoms with Crippen molar-refractivity contribution in [2.24, 2.45) is 23.7 Å². The molecule has 0 heterocycles. The molecule has 0 fully saturated rings. The van der Waals surface area contributed by atoms with Gasteiger partial charge in [-0.2, -0.15) is 0 Å². The number of carbonyl (C=O) groups excluding carboxylic acids is 4. The number of ether oxygens (including phenoxy) is 4. The molecule has 0 saturated carbocycles. The molecular weight excluding hydrogens is 1160 g/mol. The van der Waals surface area contributed by atoms with Crippen molar-refractivity contribution in [3.63, 3.8) is 0 Å². The van der Waals surface area contributed by atoms with E-state index in [-0.39, 0.29) is 25.7 Å². The molecule has 522 valence electrons. The maximum absolute atomic E-state index is 13.0. The van der Waals surface area contributed by atoms with Crippen molar-refractivity contribution in [1.29, 1.82) is 0 Å². The largest absolute Gasteiger partial charge is 0.472 e. The Kier molecular flexibility index (Phi) is 57.6. The van der Waals surface area contributed by atoms with Crippen LogP contribution in [0.15, 0.2) is 0 Å². The first kappa shape index (κ1) is 86.1. The fourth-order valence-corrected chi connectivity index (χ4v) is 11.9. The van der Waals surface area contributed by atoms with Crippen molar-refractivity contribution in [3.8, 4) is 0 Å². The number of rotatable bonds is 66. The van der Waals surface area contributed by atoms with E-state index in [4.69, 9.17) is 37.0 Å². The third kappa shape index (κ3) is 62.8. The average molecular weight is 1300 g/mol. The van der Waals surface area contributed by atoms with Gasteiger partial charge in [0.15, 0.2) is 12.2 Å². The molecule has 0 aliphatic heterocycles. The van der Waals surface area contributed by atoms with Crippen molar-refractivity contribution in [2.75, 3.05) is 39.6 Å². The summed E-state index contributed by atoms with van der Waals surface area (Å²) in [4.78, 5) is 72.5. The highest BCUT2D eigenvalue weighted by atomic mass is 31.2. The topological polar surface area (TPSA) is 237 Å². The number of phosphoric acid groups is 2. The number of aliphatic hydroxyl groups is 1. The first-order valence-electron chi connectivity index (χ1n) is 35.7. The maximum atomic E-state index is 13.0. The van der Waals surface area contributed by atoms with Gasteiger partial charge in [-0.05, 0) is 49.4 Å². The predicted octanol–water partition coefficient (Wildman–Crippen LogP) is 19.3. The van der Waals surface area contributed by atoms with E-state index in [1.165, 1.54) is 141 Å². The average Bonchev–Trinajstić information content (AvgIpc) is 3.47. The van der Waals surface area contributed by atoms with Gasteiger partial charge in [-0.1, -0.05) is 287 Å². The third-order valence-corrected chi connectivity index (χ3v) is 17.7. The zero-order valence-electron chi connectivity index (χ0n) is 57.3. The SMILES string of the molecule is CC(C)CCCCCCCCCCCCCCC(=O)OC[C@H](COP(=O)(O)OCC(O)COP(=O)(O)OC[C@@H](COC(=O)CCCCCCCCCCC(C)C)OC(=O)CCCCCCCCCCC(C)C)OC(=O)CCCCCCCCCCC(C)C. The van der Waals surface area contributed by atoms with E-state index in [9.17, 15) is 43.2 Å². The Morgan fingerprint density at radius 3 is 0.705 bits per heavy atom. The molecule has 3 unspecified atom stereocenters. The smallest absolute Gasteiger partial charge is 0.462 e. The predicted molar refractivity (Wildman–Crippen MR) is 354 cm³/mol. The fraction of sp³-hybridized carbons (Fsp3) is 0.942. The lowest BCUT2D eigenvalue weighted by Crippen LogP contribution is -2.30. The Bertz CT molecular complexity index is 1750. The molecule has 0 saturated heterocycles. The van der Waals surface area contributed by atoms with Crippen molar-refractivity contribution < 1.29 is 80.2 Å². The molecule has 0 bridgehead atoms. The van der Waals surface area contributed by atoms with Gasteiger partial charge >= 0.3 is 39.5 Å². The van der Waals surface area contributed by atoms with Crippen LogP contribution >= 0.6 is 15.6 Å². The molecule has 88 heavy (non-hydrogen) atoms. The molecule has 5 atom stereocenters. The zero-order chi connectivity index (χ0) is 65.4. The minimum Gasteiger partial charge on any atom is -0.462 e. The fourth-order valence-electron chi connectivity index (χ4n) is 10.3. The molecule has 0 amide bonds. The molecule has 0 aromatic heterocycles. The van der Waals surface area contributed by atoms with Gasteiger partial charge in [0.1, 0.15) is 19.3 Å². The lowest BCUT2D eigenvalue weighted by atomic mass is 10.0. The quantitative estimate of drug-likeness (QED) is 0.0222. The molecule has 19 heteroatoms. The van der Waals surface area contributed by atoms with Crippen molar-refractivity contribution in [2.45, 2.75) is 356 Å². The molecule has 0 rings (SSSR count). The van der Waals surface area contributed by atoms with Gasteiger partial charge in [-0.25, -0.2) is 9.13 Å². The first-order chi connectivity index (χ1) is 42.1. The minimum absolute atomic E-state index is 0.103. The molecule has 17 nitrogen and oxygen atoms in total. The Labute approximate surface area is 537 Å². The van der Waals surface area contributed by atoms with Crippen LogP contribution in [0.25, 0.3) is 0 Å². The lowest BCUT2D eigenvalue weighted by Gasteiger charge is -2.21. The Morgan fingerprint density at radius 1 is 0.284 bits per heavy atom. The summed E-state index contributed by atoms with van der Waals surface area (Å²) in [6, 6.07) is 0. The van der Waals surface area contributed by atoms with Gasteiger partial charge in [0.05, 0.1) is 26.4 Å². The van der Waals surface area contributed by atoms with Gasteiger partial charge in [0.25, 0.3) is 0 Å². The van der Waals surface area contributed by atoms with E-state index < -0.39 is 97.5 Å². The van der Waals surface area contributed by atoms with Gasteiger partial charge < -0.3 is 33.8 Å². The van der Waals surface area contributed by atoms with Gasteiger partial charge in [-0.15, -0.1) is 0 Å². The number of unbranched alkanes of at least 4 members (excludes halogenated alkanes) is 32. The van der Waals surface area contributed by atoms with E-state index in [1.807, 2.05) is 0 Å². The van der Waals surface area contributed by atoms with Gasteiger partial charge in [-0.3, -0.25) is 37.3 Å². The number of aliphatic hydroxyl groups excluding tert-OH is 1. The molecule has 0 aromatic rings. The highest BCUT2D eigenvalue weighted by Gasteiger charge is 2.30. The van der Waals surface area contributed by atoms with Crippen molar-refractivity contribution in [3.05, 3.63) is 0 Å². The number of hydrogen-bond donors (Lipinski definition) is 3. The highest BCUT2D eigenvalue weighted by molar-refractivity contribution is 7.47. The normalized spacial score (nSPS) is 14.3. The summed E-state index contributed by atoms with van der Waals surface area (Å²) in [7, 11) is -9.90.